The number of hydrogen-bond donors (Lipinski definition) is 1. The molecule has 1 aliphatic heterocycles. The van der Waals surface area contributed by atoms with E-state index in [4.69, 9.17) is 25.8 Å². The summed E-state index contributed by atoms with van der Waals surface area (Å²) in [4.78, 5) is 12.3. The van der Waals surface area contributed by atoms with E-state index in [0.717, 1.165) is 20.1 Å². The maximum atomic E-state index is 12.3. The number of halogens is 3. The van der Waals surface area contributed by atoms with Crippen LogP contribution >= 0.6 is 43.5 Å². The van der Waals surface area contributed by atoms with Gasteiger partial charge < -0.3 is 14.2 Å². The van der Waals surface area contributed by atoms with E-state index in [1.54, 1.807) is 18.2 Å². The molecule has 0 bridgehead atoms. The SMILES string of the molecule is O=C(NN=Cc1cc(Br)c(OCc2ccccc2Cl)c(Br)c1)c1ccc2c(c1)OCO2. The predicted octanol–water partition coefficient (Wildman–Crippen LogP) is 5.94. The number of carbonyl (C=O) groups is 1. The monoisotopic (exact) mass is 564 g/mol. The van der Waals surface area contributed by atoms with Crippen LogP contribution in [-0.2, 0) is 6.61 Å². The van der Waals surface area contributed by atoms with Gasteiger partial charge in [0, 0.05) is 16.1 Å². The highest BCUT2D eigenvalue weighted by Crippen LogP contribution is 2.35. The van der Waals surface area contributed by atoms with Crippen LogP contribution in [-0.4, -0.2) is 18.9 Å². The van der Waals surface area contributed by atoms with Gasteiger partial charge in [-0.05, 0) is 73.8 Å². The summed E-state index contributed by atoms with van der Waals surface area (Å²) >= 11 is 13.2. The second kappa shape index (κ2) is 9.72. The smallest absolute Gasteiger partial charge is 0.271 e. The van der Waals surface area contributed by atoms with E-state index in [2.05, 4.69) is 42.4 Å². The van der Waals surface area contributed by atoms with E-state index in [1.807, 2.05) is 36.4 Å². The highest BCUT2D eigenvalue weighted by Gasteiger charge is 2.16. The molecule has 1 heterocycles. The van der Waals surface area contributed by atoms with Crippen molar-refractivity contribution in [2.75, 3.05) is 6.79 Å². The summed E-state index contributed by atoms with van der Waals surface area (Å²) in [6.45, 7) is 0.482. The van der Waals surface area contributed by atoms with Crippen LogP contribution in [0.15, 0.2) is 68.6 Å². The lowest BCUT2D eigenvalue weighted by atomic mass is 10.2. The molecular weight excluding hydrogens is 552 g/mol. The molecule has 0 fully saturated rings. The zero-order valence-corrected chi connectivity index (χ0v) is 19.8. The number of hydrogen-bond acceptors (Lipinski definition) is 5. The highest BCUT2D eigenvalue weighted by molar-refractivity contribution is 9.11. The molecule has 4 rings (SSSR count). The molecule has 0 spiro atoms. The minimum atomic E-state index is -0.354. The van der Waals surface area contributed by atoms with Crippen LogP contribution in [0.5, 0.6) is 17.2 Å². The van der Waals surface area contributed by atoms with E-state index in [-0.39, 0.29) is 12.7 Å². The van der Waals surface area contributed by atoms with Crippen LogP contribution in [0.2, 0.25) is 5.02 Å². The van der Waals surface area contributed by atoms with E-state index in [0.29, 0.717) is 34.4 Å². The third-order valence-electron chi connectivity index (χ3n) is 4.36. The average Bonchev–Trinajstić information content (AvgIpc) is 3.22. The van der Waals surface area contributed by atoms with Gasteiger partial charge in [0.15, 0.2) is 11.5 Å². The molecule has 0 aromatic heterocycles. The van der Waals surface area contributed by atoms with Crippen molar-refractivity contribution in [1.29, 1.82) is 0 Å². The third kappa shape index (κ3) is 5.20. The Hall–Kier alpha value is -2.55. The number of hydrazone groups is 1. The molecule has 1 amide bonds. The molecule has 158 valence electrons. The van der Waals surface area contributed by atoms with Crippen LogP contribution in [0.25, 0.3) is 0 Å². The Bertz CT molecular complexity index is 1150. The first-order valence-electron chi connectivity index (χ1n) is 9.09. The van der Waals surface area contributed by atoms with Gasteiger partial charge in [0.25, 0.3) is 5.91 Å². The molecule has 1 aliphatic rings. The first kappa shape index (κ1) is 21.7. The summed E-state index contributed by atoms with van der Waals surface area (Å²) in [5.74, 6) is 1.44. The average molecular weight is 567 g/mol. The van der Waals surface area contributed by atoms with Crippen LogP contribution < -0.4 is 19.6 Å². The molecule has 0 atom stereocenters. The Morgan fingerprint density at radius 3 is 2.61 bits per heavy atom. The fourth-order valence-corrected chi connectivity index (χ4v) is 4.47. The quantitative estimate of drug-likeness (QED) is 0.296. The minimum Gasteiger partial charge on any atom is -0.486 e. The molecule has 0 saturated carbocycles. The van der Waals surface area contributed by atoms with Gasteiger partial charge in [-0.2, -0.15) is 5.10 Å². The Kier molecular flexibility index (Phi) is 6.80. The summed E-state index contributed by atoms with van der Waals surface area (Å²) in [6.07, 6.45) is 1.54. The van der Waals surface area contributed by atoms with Crippen molar-refractivity contribution < 1.29 is 19.0 Å². The number of nitrogens with one attached hydrogen (secondary N) is 1. The lowest BCUT2D eigenvalue weighted by Gasteiger charge is -2.12. The molecule has 3 aromatic rings. The zero-order valence-electron chi connectivity index (χ0n) is 15.9. The maximum absolute atomic E-state index is 12.3. The van der Waals surface area contributed by atoms with Gasteiger partial charge in [-0.1, -0.05) is 29.8 Å². The van der Waals surface area contributed by atoms with Crippen LogP contribution in [0, 0.1) is 0 Å². The molecule has 3 aromatic carbocycles. The molecule has 31 heavy (non-hydrogen) atoms. The van der Waals surface area contributed by atoms with E-state index >= 15 is 0 Å². The van der Waals surface area contributed by atoms with E-state index < -0.39 is 0 Å². The van der Waals surface area contributed by atoms with Gasteiger partial charge in [-0.15, -0.1) is 0 Å². The number of ether oxygens (including phenoxy) is 3. The third-order valence-corrected chi connectivity index (χ3v) is 5.91. The van der Waals surface area contributed by atoms with Gasteiger partial charge in [-0.25, -0.2) is 5.43 Å². The Balaban J connectivity index is 1.40. The lowest BCUT2D eigenvalue weighted by molar-refractivity contribution is 0.0954. The van der Waals surface area contributed by atoms with Crippen molar-refractivity contribution in [3.8, 4) is 17.2 Å². The fraction of sp³-hybridized carbons (Fsp3) is 0.0909. The molecule has 9 heteroatoms. The second-order valence-corrected chi connectivity index (χ2v) is 8.58. The Morgan fingerprint density at radius 1 is 1.10 bits per heavy atom. The molecule has 0 unspecified atom stereocenters. The van der Waals surface area contributed by atoms with Gasteiger partial charge in [0.05, 0.1) is 15.2 Å². The maximum Gasteiger partial charge on any atom is 0.271 e. The first-order chi connectivity index (χ1) is 15.0. The first-order valence-corrected chi connectivity index (χ1v) is 11.1. The number of fused-ring (bicyclic) bond motifs is 1. The molecule has 0 aliphatic carbocycles. The topological polar surface area (TPSA) is 69.2 Å². The van der Waals surface area contributed by atoms with Crippen LogP contribution in [0.4, 0.5) is 0 Å². The normalized spacial score (nSPS) is 12.2. The van der Waals surface area contributed by atoms with Crippen molar-refractivity contribution in [2.24, 2.45) is 5.10 Å². The van der Waals surface area contributed by atoms with Gasteiger partial charge in [-0.3, -0.25) is 4.79 Å². The molecule has 0 saturated heterocycles. The standard InChI is InChI=1S/C22H15Br2ClN2O4/c23-16-7-13(8-17(24)21(16)29-11-15-3-1-2-4-18(15)25)10-26-27-22(28)14-5-6-19-20(9-14)31-12-30-19/h1-10H,11-12H2,(H,27,28). The van der Waals surface area contributed by atoms with E-state index in [1.165, 1.54) is 6.21 Å². The van der Waals surface area contributed by atoms with Gasteiger partial charge >= 0.3 is 0 Å². The summed E-state index contributed by atoms with van der Waals surface area (Å²) in [5.41, 5.74) is 4.57. The minimum absolute atomic E-state index is 0.153. The number of amides is 1. The molecule has 1 N–H and O–H groups in total. The number of nitrogens with zero attached hydrogens (tertiary/aromatic N) is 1. The van der Waals surface area contributed by atoms with E-state index in [9.17, 15) is 4.79 Å². The zero-order chi connectivity index (χ0) is 21.8. The van der Waals surface area contributed by atoms with Crippen molar-refractivity contribution >= 4 is 55.6 Å². The van der Waals surface area contributed by atoms with Crippen molar-refractivity contribution in [2.45, 2.75) is 6.61 Å². The highest BCUT2D eigenvalue weighted by atomic mass is 79.9. The van der Waals surface area contributed by atoms with Gasteiger partial charge in [0.2, 0.25) is 6.79 Å². The molecular formula is C22H15Br2ClN2O4. The number of rotatable bonds is 6. The van der Waals surface area contributed by atoms with Crippen molar-refractivity contribution in [3.63, 3.8) is 0 Å². The predicted molar refractivity (Wildman–Crippen MR) is 125 cm³/mol. The Labute approximate surface area is 200 Å². The fourth-order valence-electron chi connectivity index (χ4n) is 2.83. The largest absolute Gasteiger partial charge is 0.486 e. The number of benzene rings is 3. The summed E-state index contributed by atoms with van der Waals surface area (Å²) in [7, 11) is 0. The summed E-state index contributed by atoms with van der Waals surface area (Å²) in [5, 5.41) is 4.68. The van der Waals surface area contributed by atoms with Crippen LogP contribution in [0.3, 0.4) is 0 Å². The van der Waals surface area contributed by atoms with Crippen molar-refractivity contribution in [1.82, 2.24) is 5.43 Å². The molecule has 0 radical (unpaired) electrons. The van der Waals surface area contributed by atoms with Crippen molar-refractivity contribution in [3.05, 3.63) is 85.3 Å². The number of carbonyl (C=O) groups excluding carboxylic acids is 1. The summed E-state index contributed by atoms with van der Waals surface area (Å²) in [6, 6.07) is 16.1. The lowest BCUT2D eigenvalue weighted by Crippen LogP contribution is -2.17. The van der Waals surface area contributed by atoms with Gasteiger partial charge in [0.1, 0.15) is 12.4 Å². The van der Waals surface area contributed by atoms with Crippen LogP contribution in [0.1, 0.15) is 21.5 Å². The molecule has 6 nitrogen and oxygen atoms in total. The summed E-state index contributed by atoms with van der Waals surface area (Å²) < 4.78 is 17.9. The second-order valence-electron chi connectivity index (χ2n) is 6.46. The Morgan fingerprint density at radius 2 is 1.84 bits per heavy atom.